The summed E-state index contributed by atoms with van der Waals surface area (Å²) < 4.78 is 1.77. The number of anilines is 1. The Labute approximate surface area is 144 Å². The van der Waals surface area contributed by atoms with Crippen LogP contribution in [0.3, 0.4) is 0 Å². The van der Waals surface area contributed by atoms with Crippen molar-refractivity contribution in [3.63, 3.8) is 0 Å². The molecule has 2 aromatic carbocycles. The highest BCUT2D eigenvalue weighted by molar-refractivity contribution is 6.30. The normalized spacial score (nSPS) is 16.2. The minimum atomic E-state index is -0.261. The smallest absolute Gasteiger partial charge is 0.321 e. The Bertz CT molecular complexity index is 903. The van der Waals surface area contributed by atoms with Crippen LogP contribution in [0.15, 0.2) is 54.6 Å². The summed E-state index contributed by atoms with van der Waals surface area (Å²) in [5, 5.41) is 11.1. The third-order valence-corrected chi connectivity index (χ3v) is 4.36. The van der Waals surface area contributed by atoms with E-state index in [-0.39, 0.29) is 12.1 Å². The first-order valence-corrected chi connectivity index (χ1v) is 7.99. The van der Waals surface area contributed by atoms with Crippen molar-refractivity contribution >= 4 is 23.4 Å². The summed E-state index contributed by atoms with van der Waals surface area (Å²) in [5.41, 5.74) is 3.69. The number of hydrogen-bond donors (Lipinski definition) is 2. The van der Waals surface area contributed by atoms with Crippen LogP contribution in [0.2, 0.25) is 5.02 Å². The number of aromatic nitrogens is 2. The maximum atomic E-state index is 12.2. The zero-order chi connectivity index (χ0) is 16.7. The molecule has 24 heavy (non-hydrogen) atoms. The largest absolute Gasteiger partial charge is 0.327 e. The molecule has 120 valence electrons. The Morgan fingerprint density at radius 1 is 1.08 bits per heavy atom. The second kappa shape index (κ2) is 5.69. The third-order valence-electron chi connectivity index (χ3n) is 4.11. The van der Waals surface area contributed by atoms with Crippen LogP contribution in [-0.4, -0.2) is 15.8 Å². The number of hydrogen-bond acceptors (Lipinski definition) is 2. The van der Waals surface area contributed by atoms with E-state index in [0.29, 0.717) is 10.8 Å². The molecule has 2 amide bonds. The molecule has 0 saturated carbocycles. The van der Waals surface area contributed by atoms with Crippen LogP contribution in [-0.2, 0) is 0 Å². The molecular formula is C18H15ClN4O. The van der Waals surface area contributed by atoms with Gasteiger partial charge in [-0.05, 0) is 36.8 Å². The van der Waals surface area contributed by atoms with Gasteiger partial charge in [-0.2, -0.15) is 5.10 Å². The van der Waals surface area contributed by atoms with E-state index in [0.717, 1.165) is 22.5 Å². The Morgan fingerprint density at radius 2 is 1.79 bits per heavy atom. The van der Waals surface area contributed by atoms with Crippen LogP contribution >= 0.6 is 11.6 Å². The third kappa shape index (κ3) is 2.43. The zero-order valence-corrected chi connectivity index (χ0v) is 13.7. The van der Waals surface area contributed by atoms with Gasteiger partial charge in [0.2, 0.25) is 0 Å². The van der Waals surface area contributed by atoms with Crippen LogP contribution in [0.5, 0.6) is 0 Å². The first-order valence-electron chi connectivity index (χ1n) is 7.61. The highest BCUT2D eigenvalue weighted by atomic mass is 35.5. The number of amides is 2. The molecule has 1 aliphatic heterocycles. The molecule has 1 aromatic heterocycles. The number of nitrogens with one attached hydrogen (secondary N) is 2. The van der Waals surface area contributed by atoms with Gasteiger partial charge in [-0.1, -0.05) is 41.9 Å². The maximum Gasteiger partial charge on any atom is 0.321 e. The van der Waals surface area contributed by atoms with Crippen LogP contribution in [0.1, 0.15) is 22.9 Å². The molecule has 0 aliphatic carbocycles. The van der Waals surface area contributed by atoms with Crippen LogP contribution in [0.25, 0.3) is 5.69 Å². The number of urea groups is 1. The fourth-order valence-electron chi connectivity index (χ4n) is 3.01. The van der Waals surface area contributed by atoms with Crippen molar-refractivity contribution in [3.8, 4) is 5.69 Å². The Kier molecular flexibility index (Phi) is 3.50. The number of carbonyl (C=O) groups is 1. The van der Waals surface area contributed by atoms with Gasteiger partial charge in [0.25, 0.3) is 0 Å². The van der Waals surface area contributed by atoms with Crippen molar-refractivity contribution < 1.29 is 4.79 Å². The number of aryl methyl sites for hydroxylation is 1. The topological polar surface area (TPSA) is 59.0 Å². The van der Waals surface area contributed by atoms with Gasteiger partial charge in [0.1, 0.15) is 5.82 Å². The van der Waals surface area contributed by atoms with Crippen molar-refractivity contribution in [2.45, 2.75) is 13.0 Å². The predicted molar refractivity (Wildman–Crippen MR) is 93.8 cm³/mol. The first-order chi connectivity index (χ1) is 11.6. The SMILES string of the molecule is Cc1nn(-c2ccccc2)c2c1C(c1ccc(Cl)cc1)NC(=O)N2. The van der Waals surface area contributed by atoms with Gasteiger partial charge in [0.15, 0.2) is 0 Å². The second-order valence-electron chi connectivity index (χ2n) is 5.68. The van der Waals surface area contributed by atoms with E-state index in [1.54, 1.807) is 4.68 Å². The number of nitrogens with zero attached hydrogens (tertiary/aromatic N) is 2. The molecule has 0 spiro atoms. The van der Waals surface area contributed by atoms with Gasteiger partial charge in [0.05, 0.1) is 17.4 Å². The summed E-state index contributed by atoms with van der Waals surface area (Å²) in [6.07, 6.45) is 0. The molecule has 2 heterocycles. The van der Waals surface area contributed by atoms with Crippen molar-refractivity contribution in [2.24, 2.45) is 0 Å². The highest BCUT2D eigenvalue weighted by Crippen LogP contribution is 2.35. The lowest BCUT2D eigenvalue weighted by Gasteiger charge is -2.26. The summed E-state index contributed by atoms with van der Waals surface area (Å²) >= 11 is 5.98. The number of benzene rings is 2. The van der Waals surface area contributed by atoms with Crippen molar-refractivity contribution in [3.05, 3.63) is 76.4 Å². The molecular weight excluding hydrogens is 324 g/mol. The molecule has 6 heteroatoms. The van der Waals surface area contributed by atoms with Gasteiger partial charge in [-0.15, -0.1) is 0 Å². The average molecular weight is 339 g/mol. The lowest BCUT2D eigenvalue weighted by Crippen LogP contribution is -2.38. The molecule has 1 atom stereocenters. The van der Waals surface area contributed by atoms with Crippen molar-refractivity contribution in [2.75, 3.05) is 5.32 Å². The highest BCUT2D eigenvalue weighted by Gasteiger charge is 2.31. The molecule has 1 aliphatic rings. The predicted octanol–water partition coefficient (Wildman–Crippen LogP) is 4.06. The molecule has 4 rings (SSSR count). The molecule has 2 N–H and O–H groups in total. The molecule has 0 radical (unpaired) electrons. The number of fused-ring (bicyclic) bond motifs is 1. The minimum Gasteiger partial charge on any atom is -0.327 e. The first kappa shape index (κ1) is 14.8. The molecule has 5 nitrogen and oxygen atoms in total. The Morgan fingerprint density at radius 3 is 2.50 bits per heavy atom. The number of rotatable bonds is 2. The second-order valence-corrected chi connectivity index (χ2v) is 6.11. The van der Waals surface area contributed by atoms with Gasteiger partial charge in [0, 0.05) is 10.6 Å². The lowest BCUT2D eigenvalue weighted by molar-refractivity contribution is 0.249. The molecule has 3 aromatic rings. The molecule has 1 unspecified atom stereocenters. The van der Waals surface area contributed by atoms with Crippen LogP contribution in [0, 0.1) is 6.92 Å². The van der Waals surface area contributed by atoms with E-state index in [2.05, 4.69) is 15.7 Å². The van der Waals surface area contributed by atoms with Gasteiger partial charge in [-0.25, -0.2) is 9.48 Å². The van der Waals surface area contributed by atoms with E-state index in [4.69, 9.17) is 11.6 Å². The molecule has 0 bridgehead atoms. The quantitative estimate of drug-likeness (QED) is 0.740. The zero-order valence-electron chi connectivity index (χ0n) is 13.0. The van der Waals surface area contributed by atoms with Gasteiger partial charge in [-0.3, -0.25) is 5.32 Å². The fraction of sp³-hybridized carbons (Fsp3) is 0.111. The van der Waals surface area contributed by atoms with E-state index in [1.165, 1.54) is 0 Å². The van der Waals surface area contributed by atoms with Crippen molar-refractivity contribution in [1.82, 2.24) is 15.1 Å². The number of halogens is 1. The average Bonchev–Trinajstić information content (AvgIpc) is 2.92. The maximum absolute atomic E-state index is 12.2. The van der Waals surface area contributed by atoms with Crippen molar-refractivity contribution in [1.29, 1.82) is 0 Å². The Hall–Kier alpha value is -2.79. The summed E-state index contributed by atoms with van der Waals surface area (Å²) in [6.45, 7) is 1.94. The van der Waals surface area contributed by atoms with Crippen LogP contribution in [0.4, 0.5) is 10.6 Å². The molecule has 0 fully saturated rings. The number of carbonyl (C=O) groups excluding carboxylic acids is 1. The summed E-state index contributed by atoms with van der Waals surface area (Å²) in [4.78, 5) is 12.2. The summed E-state index contributed by atoms with van der Waals surface area (Å²) in [5.74, 6) is 0.697. The summed E-state index contributed by atoms with van der Waals surface area (Å²) in [7, 11) is 0. The summed E-state index contributed by atoms with van der Waals surface area (Å²) in [6, 6.07) is 16.7. The van der Waals surface area contributed by atoms with E-state index in [1.807, 2.05) is 61.5 Å². The van der Waals surface area contributed by atoms with E-state index < -0.39 is 0 Å². The van der Waals surface area contributed by atoms with Gasteiger partial charge < -0.3 is 5.32 Å². The molecule has 0 saturated heterocycles. The van der Waals surface area contributed by atoms with E-state index >= 15 is 0 Å². The standard InChI is InChI=1S/C18H15ClN4O/c1-11-15-16(12-7-9-13(19)10-8-12)20-18(24)21-17(15)23(22-11)14-5-3-2-4-6-14/h2-10,16H,1H3,(H2,20,21,24). The minimum absolute atomic E-state index is 0.250. The monoisotopic (exact) mass is 338 g/mol. The van der Waals surface area contributed by atoms with Crippen LogP contribution < -0.4 is 10.6 Å². The fourth-order valence-corrected chi connectivity index (χ4v) is 3.14. The number of para-hydroxylation sites is 1. The van der Waals surface area contributed by atoms with E-state index in [9.17, 15) is 4.79 Å². The Balaban J connectivity index is 1.87. The lowest BCUT2D eigenvalue weighted by atomic mass is 9.97. The van der Waals surface area contributed by atoms with Gasteiger partial charge >= 0.3 is 6.03 Å².